The number of rotatable bonds is 2. The minimum atomic E-state index is -1.08. The third-order valence-electron chi connectivity index (χ3n) is 2.67. The van der Waals surface area contributed by atoms with Gasteiger partial charge >= 0.3 is 5.97 Å². The molecule has 0 aromatic heterocycles. The second-order valence-electron chi connectivity index (χ2n) is 3.78. The summed E-state index contributed by atoms with van der Waals surface area (Å²) in [5.74, 6) is -2.25. The van der Waals surface area contributed by atoms with Gasteiger partial charge in [0.2, 0.25) is 5.91 Å². The van der Waals surface area contributed by atoms with Crippen molar-refractivity contribution in [3.05, 3.63) is 47.4 Å². The molecule has 1 aromatic rings. The van der Waals surface area contributed by atoms with Gasteiger partial charge in [-0.3, -0.25) is 4.79 Å². The summed E-state index contributed by atoms with van der Waals surface area (Å²) in [7, 11) is 0. The van der Waals surface area contributed by atoms with Crippen LogP contribution in [0.4, 0.5) is 4.39 Å². The smallest absolute Gasteiger partial charge is 0.333 e. The lowest BCUT2D eigenvalue weighted by atomic mass is 9.86. The molecule has 1 unspecified atom stereocenters. The summed E-state index contributed by atoms with van der Waals surface area (Å²) >= 11 is 0. The van der Waals surface area contributed by atoms with E-state index in [4.69, 9.17) is 5.11 Å². The van der Waals surface area contributed by atoms with Crippen LogP contribution in [0.25, 0.3) is 0 Å². The Morgan fingerprint density at radius 3 is 2.59 bits per heavy atom. The zero-order chi connectivity index (χ0) is 12.4. The van der Waals surface area contributed by atoms with Gasteiger partial charge in [0.15, 0.2) is 0 Å². The third-order valence-corrected chi connectivity index (χ3v) is 2.67. The number of hydrogen-bond acceptors (Lipinski definition) is 2. The van der Waals surface area contributed by atoms with Crippen LogP contribution >= 0.6 is 0 Å². The number of aliphatic carboxylic acids is 1. The number of amides is 1. The Labute approximate surface area is 96.8 Å². The molecule has 17 heavy (non-hydrogen) atoms. The van der Waals surface area contributed by atoms with Crippen LogP contribution in [-0.2, 0) is 9.59 Å². The fourth-order valence-electron chi connectivity index (χ4n) is 1.82. The quantitative estimate of drug-likeness (QED) is 0.814. The van der Waals surface area contributed by atoms with Crippen molar-refractivity contribution < 1.29 is 19.1 Å². The van der Waals surface area contributed by atoms with E-state index in [0.717, 1.165) is 0 Å². The van der Waals surface area contributed by atoms with Gasteiger partial charge in [0.25, 0.3) is 0 Å². The van der Waals surface area contributed by atoms with E-state index in [2.05, 4.69) is 5.32 Å². The van der Waals surface area contributed by atoms with Crippen molar-refractivity contribution in [2.75, 3.05) is 0 Å². The summed E-state index contributed by atoms with van der Waals surface area (Å²) in [6.45, 7) is 0. The number of hydrogen-bond donors (Lipinski definition) is 2. The second-order valence-corrected chi connectivity index (χ2v) is 3.78. The van der Waals surface area contributed by atoms with Gasteiger partial charge in [0.1, 0.15) is 5.82 Å². The standard InChI is InChI=1S/C12H10FNO3/c13-8-3-1-7(2-4-8)9-5-11(15)14-6-10(9)12(16)17/h1-4,6,9H,5H2,(H,14,15)(H,16,17). The Kier molecular flexibility index (Phi) is 2.91. The van der Waals surface area contributed by atoms with E-state index in [-0.39, 0.29) is 17.9 Å². The molecule has 0 aliphatic carbocycles. The van der Waals surface area contributed by atoms with Crippen molar-refractivity contribution in [1.82, 2.24) is 5.32 Å². The summed E-state index contributed by atoms with van der Waals surface area (Å²) < 4.78 is 12.8. The minimum Gasteiger partial charge on any atom is -0.478 e. The maximum absolute atomic E-state index is 12.8. The van der Waals surface area contributed by atoms with Gasteiger partial charge in [-0.2, -0.15) is 0 Å². The predicted octanol–water partition coefficient (Wildman–Crippen LogP) is 1.40. The van der Waals surface area contributed by atoms with Crippen molar-refractivity contribution >= 4 is 11.9 Å². The molecule has 2 rings (SSSR count). The third kappa shape index (κ3) is 2.33. The van der Waals surface area contributed by atoms with Gasteiger partial charge in [0, 0.05) is 18.5 Å². The van der Waals surface area contributed by atoms with Gasteiger partial charge < -0.3 is 10.4 Å². The van der Waals surface area contributed by atoms with Gasteiger partial charge in [-0.1, -0.05) is 12.1 Å². The maximum atomic E-state index is 12.8. The number of carbonyl (C=O) groups is 2. The highest BCUT2D eigenvalue weighted by atomic mass is 19.1. The van der Waals surface area contributed by atoms with Crippen LogP contribution in [0.3, 0.4) is 0 Å². The molecule has 2 N–H and O–H groups in total. The molecule has 0 spiro atoms. The molecule has 0 fully saturated rings. The van der Waals surface area contributed by atoms with E-state index in [0.29, 0.717) is 5.56 Å². The van der Waals surface area contributed by atoms with E-state index in [1.54, 1.807) is 0 Å². The molecule has 0 radical (unpaired) electrons. The first kappa shape index (κ1) is 11.3. The van der Waals surface area contributed by atoms with Gasteiger partial charge in [-0.25, -0.2) is 9.18 Å². The van der Waals surface area contributed by atoms with Crippen molar-refractivity contribution in [3.8, 4) is 0 Å². The summed E-state index contributed by atoms with van der Waals surface area (Å²) in [6, 6.07) is 5.49. The number of carboxylic acid groups (broad SMARTS) is 1. The second kappa shape index (κ2) is 4.37. The van der Waals surface area contributed by atoms with Crippen LogP contribution in [0.2, 0.25) is 0 Å². The Bertz CT molecular complexity index is 493. The molecule has 0 bridgehead atoms. The first-order valence-electron chi connectivity index (χ1n) is 5.06. The number of halogens is 1. The fourth-order valence-corrected chi connectivity index (χ4v) is 1.82. The maximum Gasteiger partial charge on any atom is 0.333 e. The Balaban J connectivity index is 2.37. The molecule has 5 heteroatoms. The van der Waals surface area contributed by atoms with Crippen molar-refractivity contribution in [2.45, 2.75) is 12.3 Å². The predicted molar refractivity (Wildman–Crippen MR) is 57.6 cm³/mol. The van der Waals surface area contributed by atoms with Crippen LogP contribution < -0.4 is 5.32 Å². The highest BCUT2D eigenvalue weighted by Crippen LogP contribution is 2.30. The molecule has 0 saturated heterocycles. The van der Waals surface area contributed by atoms with Gasteiger partial charge in [-0.05, 0) is 17.7 Å². The highest BCUT2D eigenvalue weighted by molar-refractivity contribution is 5.93. The van der Waals surface area contributed by atoms with Crippen molar-refractivity contribution in [1.29, 1.82) is 0 Å². The lowest BCUT2D eigenvalue weighted by Crippen LogP contribution is -2.29. The van der Waals surface area contributed by atoms with Crippen LogP contribution in [0.15, 0.2) is 36.0 Å². The van der Waals surface area contributed by atoms with Crippen LogP contribution in [0, 0.1) is 5.82 Å². The molecule has 1 aromatic carbocycles. The summed E-state index contributed by atoms with van der Waals surface area (Å²) in [5, 5.41) is 11.4. The number of benzene rings is 1. The minimum absolute atomic E-state index is 0.0593. The number of carboxylic acids is 1. The first-order valence-corrected chi connectivity index (χ1v) is 5.06. The lowest BCUT2D eigenvalue weighted by Gasteiger charge is -2.21. The summed E-state index contributed by atoms with van der Waals surface area (Å²) in [5.41, 5.74) is 0.728. The number of carbonyl (C=O) groups excluding carboxylic acids is 1. The molecule has 1 aliphatic heterocycles. The van der Waals surface area contributed by atoms with Crippen LogP contribution in [-0.4, -0.2) is 17.0 Å². The first-order chi connectivity index (χ1) is 8.08. The molecule has 1 heterocycles. The topological polar surface area (TPSA) is 66.4 Å². The summed E-state index contributed by atoms with van der Waals surface area (Å²) in [4.78, 5) is 22.3. The molecular formula is C12H10FNO3. The van der Waals surface area contributed by atoms with Crippen LogP contribution in [0.5, 0.6) is 0 Å². The lowest BCUT2D eigenvalue weighted by molar-refractivity contribution is -0.133. The molecule has 4 nitrogen and oxygen atoms in total. The molecule has 0 saturated carbocycles. The van der Waals surface area contributed by atoms with E-state index in [9.17, 15) is 14.0 Å². The molecular weight excluding hydrogens is 225 g/mol. The Hall–Kier alpha value is -2.17. The van der Waals surface area contributed by atoms with Crippen molar-refractivity contribution in [3.63, 3.8) is 0 Å². The monoisotopic (exact) mass is 235 g/mol. The SMILES string of the molecule is O=C1CC(c2ccc(F)cc2)C(C(=O)O)=CN1. The van der Waals surface area contributed by atoms with Gasteiger partial charge in [0.05, 0.1) is 5.57 Å². The fraction of sp³-hybridized carbons (Fsp3) is 0.167. The Morgan fingerprint density at radius 2 is 2.00 bits per heavy atom. The van der Waals surface area contributed by atoms with Crippen molar-refractivity contribution in [2.24, 2.45) is 0 Å². The number of nitrogens with one attached hydrogen (secondary N) is 1. The molecule has 1 amide bonds. The normalized spacial score (nSPS) is 19.5. The van der Waals surface area contributed by atoms with E-state index in [1.165, 1.54) is 30.5 Å². The zero-order valence-electron chi connectivity index (χ0n) is 8.81. The molecule has 1 aliphatic rings. The van der Waals surface area contributed by atoms with E-state index < -0.39 is 17.7 Å². The Morgan fingerprint density at radius 1 is 1.35 bits per heavy atom. The van der Waals surface area contributed by atoms with Gasteiger partial charge in [-0.15, -0.1) is 0 Å². The zero-order valence-corrected chi connectivity index (χ0v) is 8.81. The van der Waals surface area contributed by atoms with Crippen LogP contribution in [0.1, 0.15) is 17.9 Å². The molecule has 1 atom stereocenters. The average Bonchev–Trinajstić information content (AvgIpc) is 2.29. The molecule has 88 valence electrons. The van der Waals surface area contributed by atoms with E-state index >= 15 is 0 Å². The summed E-state index contributed by atoms with van der Waals surface area (Å²) in [6.07, 6.45) is 1.26. The highest BCUT2D eigenvalue weighted by Gasteiger charge is 2.28. The largest absolute Gasteiger partial charge is 0.478 e. The average molecular weight is 235 g/mol. The van der Waals surface area contributed by atoms with E-state index in [1.807, 2.05) is 0 Å².